The Balaban J connectivity index is 2.08. The zero-order chi connectivity index (χ0) is 11.5. The van der Waals surface area contributed by atoms with Crippen LogP contribution in [0.1, 0.15) is 6.92 Å². The maximum Gasteiger partial charge on any atom is 0.290 e. The molecule has 16 heavy (non-hydrogen) atoms. The normalized spacial score (nSPS) is 16.3. The molecule has 0 aliphatic carbocycles. The lowest BCUT2D eigenvalue weighted by Gasteiger charge is -2.34. The SMILES string of the molecule is CC(=O)N1CCN(c2ncc[nH]c2=O)CC1. The van der Waals surface area contributed by atoms with E-state index in [0.717, 1.165) is 0 Å². The Bertz CT molecular complexity index is 434. The predicted molar refractivity (Wildman–Crippen MR) is 59.3 cm³/mol. The molecule has 1 saturated heterocycles. The van der Waals surface area contributed by atoms with Gasteiger partial charge in [-0.15, -0.1) is 0 Å². The lowest BCUT2D eigenvalue weighted by Crippen LogP contribution is -2.49. The van der Waals surface area contributed by atoms with Crippen LogP contribution in [0.25, 0.3) is 0 Å². The smallest absolute Gasteiger partial charge is 0.290 e. The quantitative estimate of drug-likeness (QED) is 0.691. The van der Waals surface area contributed by atoms with Crippen molar-refractivity contribution in [2.45, 2.75) is 6.92 Å². The summed E-state index contributed by atoms with van der Waals surface area (Å²) < 4.78 is 0. The van der Waals surface area contributed by atoms with Gasteiger partial charge in [-0.3, -0.25) is 9.59 Å². The van der Waals surface area contributed by atoms with Gasteiger partial charge in [0, 0.05) is 45.5 Å². The van der Waals surface area contributed by atoms with Crippen LogP contribution in [-0.2, 0) is 4.79 Å². The molecule has 1 aromatic rings. The molecule has 0 atom stereocenters. The first kappa shape index (κ1) is 10.7. The zero-order valence-corrected chi connectivity index (χ0v) is 9.14. The van der Waals surface area contributed by atoms with Crippen LogP contribution in [0.3, 0.4) is 0 Å². The van der Waals surface area contributed by atoms with Crippen LogP contribution in [0.4, 0.5) is 5.82 Å². The Kier molecular flexibility index (Phi) is 2.89. The van der Waals surface area contributed by atoms with E-state index >= 15 is 0 Å². The summed E-state index contributed by atoms with van der Waals surface area (Å²) in [5, 5.41) is 0. The fourth-order valence-corrected chi connectivity index (χ4v) is 1.80. The Labute approximate surface area is 92.9 Å². The third kappa shape index (κ3) is 2.05. The number of amides is 1. The van der Waals surface area contributed by atoms with Gasteiger partial charge >= 0.3 is 0 Å². The molecule has 2 rings (SSSR count). The molecule has 86 valence electrons. The number of anilines is 1. The first-order valence-electron chi connectivity index (χ1n) is 5.22. The average Bonchev–Trinajstić information content (AvgIpc) is 2.30. The summed E-state index contributed by atoms with van der Waals surface area (Å²) in [7, 11) is 0. The van der Waals surface area contributed by atoms with Crippen molar-refractivity contribution in [2.24, 2.45) is 0 Å². The van der Waals surface area contributed by atoms with E-state index < -0.39 is 0 Å². The van der Waals surface area contributed by atoms with Crippen molar-refractivity contribution in [3.63, 3.8) is 0 Å². The monoisotopic (exact) mass is 222 g/mol. The Hall–Kier alpha value is -1.85. The van der Waals surface area contributed by atoms with E-state index in [0.29, 0.717) is 32.0 Å². The predicted octanol–water partition coefficient (Wildman–Crippen LogP) is -0.562. The Morgan fingerprint density at radius 1 is 1.38 bits per heavy atom. The van der Waals surface area contributed by atoms with Crippen LogP contribution in [0, 0.1) is 0 Å². The number of rotatable bonds is 1. The fourth-order valence-electron chi connectivity index (χ4n) is 1.80. The number of carbonyl (C=O) groups excluding carboxylic acids is 1. The van der Waals surface area contributed by atoms with E-state index in [4.69, 9.17) is 0 Å². The third-order valence-corrected chi connectivity index (χ3v) is 2.71. The Morgan fingerprint density at radius 2 is 2.06 bits per heavy atom. The first-order valence-corrected chi connectivity index (χ1v) is 5.22. The molecule has 1 fully saturated rings. The van der Waals surface area contributed by atoms with Crippen LogP contribution in [-0.4, -0.2) is 47.0 Å². The molecule has 6 heteroatoms. The topological polar surface area (TPSA) is 69.3 Å². The second-order valence-electron chi connectivity index (χ2n) is 3.74. The van der Waals surface area contributed by atoms with Crippen molar-refractivity contribution in [2.75, 3.05) is 31.1 Å². The van der Waals surface area contributed by atoms with Gasteiger partial charge in [-0.1, -0.05) is 0 Å². The molecule has 1 aliphatic rings. The number of nitrogens with one attached hydrogen (secondary N) is 1. The number of nitrogens with zero attached hydrogens (tertiary/aromatic N) is 3. The molecule has 0 saturated carbocycles. The number of aromatic nitrogens is 2. The first-order chi connectivity index (χ1) is 7.68. The van der Waals surface area contributed by atoms with E-state index in [1.54, 1.807) is 18.0 Å². The molecule has 0 spiro atoms. The molecule has 2 heterocycles. The largest absolute Gasteiger partial charge is 0.348 e. The molecule has 1 aliphatic heterocycles. The van der Waals surface area contributed by atoms with Crippen molar-refractivity contribution in [1.82, 2.24) is 14.9 Å². The van der Waals surface area contributed by atoms with E-state index in [9.17, 15) is 9.59 Å². The van der Waals surface area contributed by atoms with Crippen molar-refractivity contribution in [1.29, 1.82) is 0 Å². The summed E-state index contributed by atoms with van der Waals surface area (Å²) in [6.45, 7) is 4.15. The number of carbonyl (C=O) groups is 1. The summed E-state index contributed by atoms with van der Waals surface area (Å²) in [6.07, 6.45) is 3.08. The molecule has 0 bridgehead atoms. The summed E-state index contributed by atoms with van der Waals surface area (Å²) in [4.78, 5) is 32.9. The van der Waals surface area contributed by atoms with Gasteiger partial charge in [0.15, 0.2) is 5.82 Å². The van der Waals surface area contributed by atoms with Crippen LogP contribution in [0.2, 0.25) is 0 Å². The number of hydrogen-bond acceptors (Lipinski definition) is 4. The minimum atomic E-state index is -0.182. The molecule has 0 unspecified atom stereocenters. The number of piperazine rings is 1. The lowest BCUT2D eigenvalue weighted by atomic mass is 10.3. The summed E-state index contributed by atoms with van der Waals surface area (Å²) >= 11 is 0. The van der Waals surface area contributed by atoms with E-state index in [1.807, 2.05) is 4.90 Å². The van der Waals surface area contributed by atoms with Crippen LogP contribution in [0.15, 0.2) is 17.2 Å². The molecule has 0 aromatic carbocycles. The molecule has 1 amide bonds. The average molecular weight is 222 g/mol. The minimum absolute atomic E-state index is 0.0783. The lowest BCUT2D eigenvalue weighted by molar-refractivity contribution is -0.129. The minimum Gasteiger partial charge on any atom is -0.348 e. The molecular formula is C10H14N4O2. The van der Waals surface area contributed by atoms with Crippen LogP contribution < -0.4 is 10.5 Å². The maximum atomic E-state index is 11.5. The number of H-pyrrole nitrogens is 1. The van der Waals surface area contributed by atoms with Crippen molar-refractivity contribution >= 4 is 11.7 Å². The van der Waals surface area contributed by atoms with Gasteiger partial charge in [0.1, 0.15) is 0 Å². The van der Waals surface area contributed by atoms with Crippen LogP contribution >= 0.6 is 0 Å². The van der Waals surface area contributed by atoms with Crippen molar-refractivity contribution in [3.8, 4) is 0 Å². The molecular weight excluding hydrogens is 208 g/mol. The van der Waals surface area contributed by atoms with Gasteiger partial charge < -0.3 is 14.8 Å². The van der Waals surface area contributed by atoms with Gasteiger partial charge in [-0.2, -0.15) is 0 Å². The number of aromatic amines is 1. The van der Waals surface area contributed by atoms with Gasteiger partial charge in [-0.05, 0) is 0 Å². The van der Waals surface area contributed by atoms with E-state index in [-0.39, 0.29) is 11.5 Å². The summed E-state index contributed by atoms with van der Waals surface area (Å²) in [5.41, 5.74) is -0.182. The highest BCUT2D eigenvalue weighted by Gasteiger charge is 2.20. The molecule has 0 radical (unpaired) electrons. The standard InChI is InChI=1S/C10H14N4O2/c1-8(15)13-4-6-14(7-5-13)9-10(16)12-3-2-11-9/h2-3H,4-7H2,1H3,(H,12,16). The highest BCUT2D eigenvalue weighted by atomic mass is 16.2. The summed E-state index contributed by atoms with van der Waals surface area (Å²) in [6, 6.07) is 0. The van der Waals surface area contributed by atoms with Gasteiger partial charge in [0.25, 0.3) is 5.56 Å². The van der Waals surface area contributed by atoms with E-state index in [1.165, 1.54) is 6.20 Å². The van der Waals surface area contributed by atoms with Gasteiger partial charge in [-0.25, -0.2) is 4.98 Å². The second kappa shape index (κ2) is 4.34. The van der Waals surface area contributed by atoms with Crippen LogP contribution in [0.5, 0.6) is 0 Å². The zero-order valence-electron chi connectivity index (χ0n) is 9.14. The van der Waals surface area contributed by atoms with Gasteiger partial charge in [0.2, 0.25) is 5.91 Å². The molecule has 1 N–H and O–H groups in total. The summed E-state index contributed by atoms with van der Waals surface area (Å²) in [5.74, 6) is 0.514. The highest BCUT2D eigenvalue weighted by Crippen LogP contribution is 2.07. The van der Waals surface area contributed by atoms with Gasteiger partial charge in [0.05, 0.1) is 0 Å². The third-order valence-electron chi connectivity index (χ3n) is 2.71. The molecule has 1 aromatic heterocycles. The van der Waals surface area contributed by atoms with E-state index in [2.05, 4.69) is 9.97 Å². The van der Waals surface area contributed by atoms with Crippen molar-refractivity contribution in [3.05, 3.63) is 22.7 Å². The van der Waals surface area contributed by atoms with Crippen molar-refractivity contribution < 1.29 is 4.79 Å². The second-order valence-corrected chi connectivity index (χ2v) is 3.74. The Morgan fingerprint density at radius 3 is 2.62 bits per heavy atom. The highest BCUT2D eigenvalue weighted by molar-refractivity contribution is 5.73. The fraction of sp³-hybridized carbons (Fsp3) is 0.500. The molecule has 6 nitrogen and oxygen atoms in total. The maximum absolute atomic E-state index is 11.5. The number of hydrogen-bond donors (Lipinski definition) is 1.